The lowest BCUT2D eigenvalue weighted by atomic mass is 10.4. The van der Waals surface area contributed by atoms with Crippen molar-refractivity contribution in [3.63, 3.8) is 0 Å². The van der Waals surface area contributed by atoms with Crippen LogP contribution in [0.5, 0.6) is 5.88 Å². The highest BCUT2D eigenvalue weighted by molar-refractivity contribution is 7.16. The largest absolute Gasteiger partial charge is 0.476 e. The van der Waals surface area contributed by atoms with Gasteiger partial charge in [-0.3, -0.25) is 0 Å². The fraction of sp³-hybridized carbons (Fsp3) is 0.333. The molecule has 0 aliphatic rings. The van der Waals surface area contributed by atoms with Crippen LogP contribution in [-0.4, -0.2) is 23.6 Å². The second kappa shape index (κ2) is 6.08. The van der Waals surface area contributed by atoms with Crippen LogP contribution in [0.25, 0.3) is 0 Å². The summed E-state index contributed by atoms with van der Waals surface area (Å²) >= 11 is 7.46. The molecule has 2 heterocycles. The first kappa shape index (κ1) is 13.9. The zero-order chi connectivity index (χ0) is 13.8. The van der Waals surface area contributed by atoms with Crippen LogP contribution >= 0.6 is 22.9 Å². The monoisotopic (exact) mass is 298 g/mol. The number of hydrogen-bond acceptors (Lipinski definition) is 6. The lowest BCUT2D eigenvalue weighted by Gasteiger charge is -2.19. The highest BCUT2D eigenvalue weighted by Crippen LogP contribution is 2.29. The van der Waals surface area contributed by atoms with Crippen LogP contribution in [-0.2, 0) is 6.54 Å². The van der Waals surface area contributed by atoms with E-state index in [1.165, 1.54) is 17.7 Å². The van der Waals surface area contributed by atoms with E-state index in [1.807, 2.05) is 31.0 Å². The van der Waals surface area contributed by atoms with E-state index in [9.17, 15) is 0 Å². The van der Waals surface area contributed by atoms with Gasteiger partial charge in [0.15, 0.2) is 5.82 Å². The summed E-state index contributed by atoms with van der Waals surface area (Å²) in [5.74, 6) is 1.08. The highest BCUT2D eigenvalue weighted by atomic mass is 35.5. The van der Waals surface area contributed by atoms with Gasteiger partial charge >= 0.3 is 0 Å². The number of aromatic nitrogens is 2. The maximum atomic E-state index is 6.01. The molecule has 102 valence electrons. The molecule has 2 N–H and O–H groups in total. The number of nitrogen functional groups attached to an aromatic ring is 1. The lowest BCUT2D eigenvalue weighted by Crippen LogP contribution is -2.19. The minimum atomic E-state index is 0.420. The minimum Gasteiger partial charge on any atom is -0.476 e. The molecule has 5 nitrogen and oxygen atoms in total. The third-order valence-corrected chi connectivity index (χ3v) is 3.71. The molecule has 2 aromatic rings. The lowest BCUT2D eigenvalue weighted by molar-refractivity contribution is 0.328. The van der Waals surface area contributed by atoms with Gasteiger partial charge in [-0.05, 0) is 19.1 Å². The van der Waals surface area contributed by atoms with E-state index >= 15 is 0 Å². The average Bonchev–Trinajstić information content (AvgIpc) is 2.77. The Kier molecular flexibility index (Phi) is 4.44. The predicted octanol–water partition coefficient (Wildman–Crippen LogP) is 2.81. The zero-order valence-electron chi connectivity index (χ0n) is 10.8. The van der Waals surface area contributed by atoms with Crippen LogP contribution < -0.4 is 15.4 Å². The fourth-order valence-electron chi connectivity index (χ4n) is 1.67. The third kappa shape index (κ3) is 3.27. The first-order valence-corrected chi connectivity index (χ1v) is 7.00. The molecule has 0 radical (unpaired) electrons. The maximum absolute atomic E-state index is 6.01. The van der Waals surface area contributed by atoms with Crippen molar-refractivity contribution in [2.24, 2.45) is 0 Å². The van der Waals surface area contributed by atoms with E-state index in [4.69, 9.17) is 22.1 Å². The Bertz CT molecular complexity index is 560. The topological polar surface area (TPSA) is 64.3 Å². The van der Waals surface area contributed by atoms with Gasteiger partial charge in [-0.1, -0.05) is 11.6 Å². The number of nitrogens with two attached hydrogens (primary N) is 1. The molecule has 7 heteroatoms. The quantitative estimate of drug-likeness (QED) is 0.919. The molecule has 0 aliphatic heterocycles. The number of anilines is 2. The van der Waals surface area contributed by atoms with Gasteiger partial charge in [-0.2, -0.15) is 4.98 Å². The molecule has 19 heavy (non-hydrogen) atoms. The number of halogens is 1. The van der Waals surface area contributed by atoms with Crippen LogP contribution in [0.2, 0.25) is 4.34 Å². The molecular weight excluding hydrogens is 284 g/mol. The van der Waals surface area contributed by atoms with E-state index in [0.29, 0.717) is 30.5 Å². The molecule has 0 atom stereocenters. The van der Waals surface area contributed by atoms with Gasteiger partial charge in [-0.15, -0.1) is 11.3 Å². The molecule has 0 spiro atoms. The summed E-state index contributed by atoms with van der Waals surface area (Å²) in [7, 11) is 1.92. The average molecular weight is 299 g/mol. The fourth-order valence-corrected chi connectivity index (χ4v) is 2.81. The summed E-state index contributed by atoms with van der Waals surface area (Å²) in [6.07, 6.45) is 1.45. The summed E-state index contributed by atoms with van der Waals surface area (Å²) in [4.78, 5) is 11.3. The van der Waals surface area contributed by atoms with Crippen LogP contribution in [0.3, 0.4) is 0 Å². The first-order valence-electron chi connectivity index (χ1n) is 5.80. The molecule has 0 unspecified atom stereocenters. The Morgan fingerprint density at radius 2 is 2.21 bits per heavy atom. The molecule has 0 aromatic carbocycles. The van der Waals surface area contributed by atoms with Crippen LogP contribution in [0.15, 0.2) is 18.5 Å². The van der Waals surface area contributed by atoms with E-state index in [1.54, 1.807) is 0 Å². The SMILES string of the molecule is CCOc1ncnc(N(C)Cc2ccc(Cl)s2)c1N. The Morgan fingerprint density at radius 1 is 1.42 bits per heavy atom. The van der Waals surface area contributed by atoms with Gasteiger partial charge in [0.05, 0.1) is 17.5 Å². The molecule has 0 fully saturated rings. The van der Waals surface area contributed by atoms with E-state index in [0.717, 1.165) is 9.21 Å². The van der Waals surface area contributed by atoms with Crippen molar-refractivity contribution in [1.29, 1.82) is 0 Å². The third-order valence-electron chi connectivity index (χ3n) is 2.49. The van der Waals surface area contributed by atoms with Gasteiger partial charge in [0.2, 0.25) is 5.88 Å². The summed E-state index contributed by atoms with van der Waals surface area (Å²) in [5.41, 5.74) is 6.47. The van der Waals surface area contributed by atoms with Gasteiger partial charge in [0.1, 0.15) is 12.0 Å². The van der Waals surface area contributed by atoms with Gasteiger partial charge in [0.25, 0.3) is 0 Å². The van der Waals surface area contributed by atoms with Crippen molar-refractivity contribution in [1.82, 2.24) is 9.97 Å². The summed E-state index contributed by atoms with van der Waals surface area (Å²) < 4.78 is 6.13. The summed E-state index contributed by atoms with van der Waals surface area (Å²) in [5, 5.41) is 0. The number of ether oxygens (including phenoxy) is 1. The van der Waals surface area contributed by atoms with E-state index < -0.39 is 0 Å². The zero-order valence-corrected chi connectivity index (χ0v) is 12.3. The summed E-state index contributed by atoms with van der Waals surface area (Å²) in [6.45, 7) is 3.09. The Labute approximate surface area is 121 Å². The number of hydrogen-bond donors (Lipinski definition) is 1. The second-order valence-electron chi connectivity index (χ2n) is 3.91. The Balaban J connectivity index is 2.18. The van der Waals surface area contributed by atoms with Crippen LogP contribution in [0.4, 0.5) is 11.5 Å². The Hall–Kier alpha value is -1.53. The maximum Gasteiger partial charge on any atom is 0.242 e. The molecule has 0 aliphatic carbocycles. The van der Waals surface area contributed by atoms with Crippen molar-refractivity contribution in [3.8, 4) is 5.88 Å². The van der Waals surface area contributed by atoms with Gasteiger partial charge in [0, 0.05) is 11.9 Å². The van der Waals surface area contributed by atoms with Crippen molar-refractivity contribution in [3.05, 3.63) is 27.7 Å². The van der Waals surface area contributed by atoms with Crippen molar-refractivity contribution in [2.45, 2.75) is 13.5 Å². The van der Waals surface area contributed by atoms with Gasteiger partial charge in [-0.25, -0.2) is 4.98 Å². The van der Waals surface area contributed by atoms with Crippen molar-refractivity contribution < 1.29 is 4.74 Å². The standard InChI is InChI=1S/C12H15ClN4OS/c1-3-18-12-10(14)11(15-7-16-12)17(2)6-8-4-5-9(13)19-8/h4-5,7H,3,6,14H2,1-2H3. The normalized spacial score (nSPS) is 10.5. The van der Waals surface area contributed by atoms with Crippen LogP contribution in [0.1, 0.15) is 11.8 Å². The second-order valence-corrected chi connectivity index (χ2v) is 5.71. The van der Waals surface area contributed by atoms with Crippen LogP contribution in [0, 0.1) is 0 Å². The highest BCUT2D eigenvalue weighted by Gasteiger charge is 2.13. The predicted molar refractivity (Wildman–Crippen MR) is 79.0 cm³/mol. The molecule has 0 saturated heterocycles. The number of nitrogens with zero attached hydrogens (tertiary/aromatic N) is 3. The minimum absolute atomic E-state index is 0.420. The van der Waals surface area contributed by atoms with E-state index in [-0.39, 0.29) is 0 Å². The molecule has 2 rings (SSSR count). The van der Waals surface area contributed by atoms with Gasteiger partial charge < -0.3 is 15.4 Å². The number of thiophene rings is 1. The molecule has 0 saturated carbocycles. The summed E-state index contributed by atoms with van der Waals surface area (Å²) in [6, 6.07) is 3.87. The molecular formula is C12H15ClN4OS. The molecule has 0 bridgehead atoms. The molecule has 2 aromatic heterocycles. The Morgan fingerprint density at radius 3 is 2.84 bits per heavy atom. The molecule has 0 amide bonds. The smallest absolute Gasteiger partial charge is 0.242 e. The van der Waals surface area contributed by atoms with Crippen molar-refractivity contribution >= 4 is 34.4 Å². The van der Waals surface area contributed by atoms with Crippen molar-refractivity contribution in [2.75, 3.05) is 24.3 Å². The number of rotatable bonds is 5. The van der Waals surface area contributed by atoms with E-state index in [2.05, 4.69) is 9.97 Å². The first-order chi connectivity index (χ1) is 9.11.